The molecule has 2 aromatic carbocycles. The van der Waals surface area contributed by atoms with Gasteiger partial charge >= 0.3 is 0 Å². The molecule has 0 saturated heterocycles. The zero-order valence-corrected chi connectivity index (χ0v) is 13.6. The van der Waals surface area contributed by atoms with E-state index in [1.54, 1.807) is 18.3 Å². The number of nitrogens with zero attached hydrogens (tertiary/aromatic N) is 1. The van der Waals surface area contributed by atoms with Crippen LogP contribution in [0.5, 0.6) is 5.75 Å². The maximum absolute atomic E-state index is 9.90. The van der Waals surface area contributed by atoms with Gasteiger partial charge in [-0.3, -0.25) is 4.99 Å². The van der Waals surface area contributed by atoms with Crippen LogP contribution in [0.4, 0.5) is 5.69 Å². The summed E-state index contributed by atoms with van der Waals surface area (Å²) in [7, 11) is 0. The first-order valence-electron chi connectivity index (χ1n) is 5.04. The van der Waals surface area contributed by atoms with Crippen molar-refractivity contribution in [2.45, 2.75) is 0 Å². The number of hydrogen-bond donors (Lipinski definition) is 1. The lowest BCUT2D eigenvalue weighted by Gasteiger charge is -2.02. The third-order valence-electron chi connectivity index (χ3n) is 2.24. The molecular formula is C13H8BrClINO. The smallest absolute Gasteiger partial charge is 0.137 e. The molecule has 5 heteroatoms. The van der Waals surface area contributed by atoms with Crippen LogP contribution in [0.15, 0.2) is 45.9 Å². The molecule has 0 aliphatic rings. The normalized spacial score (nSPS) is 11.1. The van der Waals surface area contributed by atoms with Gasteiger partial charge < -0.3 is 5.11 Å². The fourth-order valence-corrected chi connectivity index (χ4v) is 3.03. The Morgan fingerprint density at radius 3 is 2.56 bits per heavy atom. The van der Waals surface area contributed by atoms with Gasteiger partial charge in [-0.15, -0.1) is 0 Å². The molecule has 0 heterocycles. The average Bonchev–Trinajstić information content (AvgIpc) is 2.34. The number of aromatic hydroxyl groups is 1. The fourth-order valence-electron chi connectivity index (χ4n) is 1.36. The minimum absolute atomic E-state index is 0.233. The highest BCUT2D eigenvalue weighted by molar-refractivity contribution is 14.1. The van der Waals surface area contributed by atoms with Gasteiger partial charge in [-0.1, -0.05) is 27.5 Å². The molecule has 0 aromatic heterocycles. The van der Waals surface area contributed by atoms with Gasteiger partial charge in [0.2, 0.25) is 0 Å². The number of aliphatic imine (C=N–C) groups is 1. The Labute approximate surface area is 132 Å². The van der Waals surface area contributed by atoms with Gasteiger partial charge in [0.25, 0.3) is 0 Å². The predicted octanol–water partition coefficient (Wildman–Crippen LogP) is 5.16. The molecule has 2 aromatic rings. The molecule has 0 fully saturated rings. The van der Waals surface area contributed by atoms with Crippen LogP contribution in [0.1, 0.15) is 5.56 Å². The van der Waals surface area contributed by atoms with E-state index in [0.29, 0.717) is 10.6 Å². The second-order valence-corrected chi connectivity index (χ2v) is 6.07. The van der Waals surface area contributed by atoms with E-state index in [9.17, 15) is 5.11 Å². The van der Waals surface area contributed by atoms with Crippen molar-refractivity contribution in [1.82, 2.24) is 0 Å². The summed E-state index contributed by atoms with van der Waals surface area (Å²) < 4.78 is 1.68. The number of benzene rings is 2. The van der Waals surface area contributed by atoms with Crippen molar-refractivity contribution in [3.8, 4) is 5.75 Å². The van der Waals surface area contributed by atoms with E-state index in [1.165, 1.54) is 0 Å². The van der Waals surface area contributed by atoms with Crippen molar-refractivity contribution in [1.29, 1.82) is 0 Å². The largest absolute Gasteiger partial charge is 0.506 e. The van der Waals surface area contributed by atoms with Crippen molar-refractivity contribution >= 4 is 62.0 Å². The van der Waals surface area contributed by atoms with Crippen LogP contribution >= 0.6 is 50.1 Å². The average molecular weight is 436 g/mol. The van der Waals surface area contributed by atoms with E-state index in [4.69, 9.17) is 11.6 Å². The first kappa shape index (κ1) is 13.8. The molecule has 18 heavy (non-hydrogen) atoms. The first-order chi connectivity index (χ1) is 8.56. The molecule has 2 nitrogen and oxygen atoms in total. The van der Waals surface area contributed by atoms with Crippen LogP contribution in [-0.4, -0.2) is 11.3 Å². The number of phenolic OH excluding ortho intramolecular Hbond substituents is 1. The molecule has 0 bridgehead atoms. The van der Waals surface area contributed by atoms with Gasteiger partial charge in [0.1, 0.15) is 5.75 Å². The zero-order valence-electron chi connectivity index (χ0n) is 9.07. The SMILES string of the molecule is Oc1c(I)cc(Br)cc1C=Nc1ccc(Cl)cc1. The third kappa shape index (κ3) is 3.46. The maximum Gasteiger partial charge on any atom is 0.137 e. The minimum atomic E-state index is 0.233. The number of hydrogen-bond acceptors (Lipinski definition) is 2. The summed E-state index contributed by atoms with van der Waals surface area (Å²) >= 11 is 11.3. The van der Waals surface area contributed by atoms with Crippen LogP contribution in [0.3, 0.4) is 0 Å². The first-order valence-corrected chi connectivity index (χ1v) is 7.29. The van der Waals surface area contributed by atoms with Gasteiger partial charge in [-0.2, -0.15) is 0 Å². The lowest BCUT2D eigenvalue weighted by atomic mass is 10.2. The Morgan fingerprint density at radius 2 is 1.89 bits per heavy atom. The monoisotopic (exact) mass is 435 g/mol. The fraction of sp³-hybridized carbons (Fsp3) is 0. The molecule has 0 radical (unpaired) electrons. The van der Waals surface area contributed by atoms with E-state index in [2.05, 4.69) is 43.5 Å². The quantitative estimate of drug-likeness (QED) is 0.512. The highest BCUT2D eigenvalue weighted by atomic mass is 127. The lowest BCUT2D eigenvalue weighted by Crippen LogP contribution is -1.86. The number of halogens is 3. The molecular weight excluding hydrogens is 428 g/mol. The summed E-state index contributed by atoms with van der Waals surface area (Å²) in [5.41, 5.74) is 1.46. The molecule has 92 valence electrons. The molecule has 0 atom stereocenters. The second-order valence-electron chi connectivity index (χ2n) is 3.56. The van der Waals surface area contributed by atoms with E-state index >= 15 is 0 Å². The third-order valence-corrected chi connectivity index (χ3v) is 3.77. The van der Waals surface area contributed by atoms with Crippen molar-refractivity contribution in [3.63, 3.8) is 0 Å². The Kier molecular flexibility index (Phi) is 4.64. The summed E-state index contributed by atoms with van der Waals surface area (Å²) in [6, 6.07) is 10.8. The van der Waals surface area contributed by atoms with Gasteiger partial charge in [0, 0.05) is 21.3 Å². The Bertz CT molecular complexity index is 599. The number of rotatable bonds is 2. The highest BCUT2D eigenvalue weighted by Crippen LogP contribution is 2.28. The summed E-state index contributed by atoms with van der Waals surface area (Å²) in [4.78, 5) is 4.29. The zero-order chi connectivity index (χ0) is 13.1. The molecule has 0 unspecified atom stereocenters. The number of phenols is 1. The molecule has 1 N–H and O–H groups in total. The van der Waals surface area contributed by atoms with E-state index in [-0.39, 0.29) is 5.75 Å². The van der Waals surface area contributed by atoms with Gasteiger partial charge in [-0.25, -0.2) is 0 Å². The van der Waals surface area contributed by atoms with E-state index < -0.39 is 0 Å². The topological polar surface area (TPSA) is 32.6 Å². The van der Waals surface area contributed by atoms with E-state index in [0.717, 1.165) is 13.7 Å². The van der Waals surface area contributed by atoms with Crippen LogP contribution in [0.2, 0.25) is 5.02 Å². The lowest BCUT2D eigenvalue weighted by molar-refractivity contribution is 0.470. The Balaban J connectivity index is 2.31. The van der Waals surface area contributed by atoms with Crippen LogP contribution in [0, 0.1) is 3.57 Å². The Hall–Kier alpha value is -0.590. The van der Waals surface area contributed by atoms with E-state index in [1.807, 2.05) is 24.3 Å². The van der Waals surface area contributed by atoms with Crippen molar-refractivity contribution in [2.75, 3.05) is 0 Å². The Morgan fingerprint density at radius 1 is 1.22 bits per heavy atom. The van der Waals surface area contributed by atoms with Crippen LogP contribution in [0.25, 0.3) is 0 Å². The maximum atomic E-state index is 9.90. The molecule has 0 spiro atoms. The van der Waals surface area contributed by atoms with Gasteiger partial charge in [0.15, 0.2) is 0 Å². The molecule has 0 amide bonds. The van der Waals surface area contributed by atoms with Gasteiger partial charge in [0.05, 0.1) is 9.26 Å². The molecule has 0 aliphatic carbocycles. The minimum Gasteiger partial charge on any atom is -0.506 e. The molecule has 2 rings (SSSR count). The van der Waals surface area contributed by atoms with Gasteiger partial charge in [-0.05, 0) is 59.0 Å². The summed E-state index contributed by atoms with van der Waals surface area (Å²) in [5, 5.41) is 10.6. The second kappa shape index (κ2) is 6.04. The van der Waals surface area contributed by atoms with Crippen molar-refractivity contribution in [2.24, 2.45) is 4.99 Å². The van der Waals surface area contributed by atoms with Crippen molar-refractivity contribution in [3.05, 3.63) is 55.0 Å². The summed E-state index contributed by atoms with van der Waals surface area (Å²) in [6.07, 6.45) is 1.63. The highest BCUT2D eigenvalue weighted by Gasteiger charge is 2.05. The van der Waals surface area contributed by atoms with Crippen molar-refractivity contribution < 1.29 is 5.11 Å². The van der Waals surface area contributed by atoms with Crippen LogP contribution in [-0.2, 0) is 0 Å². The summed E-state index contributed by atoms with van der Waals surface area (Å²) in [6.45, 7) is 0. The molecule has 0 aliphatic heterocycles. The summed E-state index contributed by atoms with van der Waals surface area (Å²) in [5.74, 6) is 0.233. The standard InChI is InChI=1S/C13H8BrClINO/c14-9-5-8(13(18)12(16)6-9)7-17-11-3-1-10(15)2-4-11/h1-7,18H. The van der Waals surface area contributed by atoms with Crippen LogP contribution < -0.4 is 0 Å². The predicted molar refractivity (Wildman–Crippen MR) is 87.2 cm³/mol. The molecule has 0 saturated carbocycles.